The summed E-state index contributed by atoms with van der Waals surface area (Å²) in [5, 5.41) is 12.4. The van der Waals surface area contributed by atoms with Crippen LogP contribution in [-0.4, -0.2) is 5.11 Å². The highest BCUT2D eigenvalue weighted by Crippen LogP contribution is 2.55. The molecule has 1 aliphatic carbocycles. The lowest BCUT2D eigenvalue weighted by Crippen LogP contribution is -2.44. The number of benzene rings is 2. The topological polar surface area (TPSA) is 20.2 Å². The maximum atomic E-state index is 11.4. The fourth-order valence-corrected chi connectivity index (χ4v) is 3.87. The van der Waals surface area contributed by atoms with Gasteiger partial charge in [-0.2, -0.15) is 0 Å². The Morgan fingerprint density at radius 1 is 1.05 bits per heavy atom. The van der Waals surface area contributed by atoms with Crippen LogP contribution in [0.2, 0.25) is 10.0 Å². The Balaban J connectivity index is 2.19. The van der Waals surface area contributed by atoms with Crippen molar-refractivity contribution in [1.82, 2.24) is 0 Å². The summed E-state index contributed by atoms with van der Waals surface area (Å²) < 4.78 is 0. The first-order valence-electron chi connectivity index (χ1n) is 7.77. The third-order valence-electron chi connectivity index (χ3n) is 4.93. The number of hydrogen-bond donors (Lipinski definition) is 1. The van der Waals surface area contributed by atoms with Crippen molar-refractivity contribution < 1.29 is 5.11 Å². The van der Waals surface area contributed by atoms with Crippen LogP contribution in [0.15, 0.2) is 30.3 Å². The van der Waals surface area contributed by atoms with Gasteiger partial charge in [-0.25, -0.2) is 0 Å². The minimum atomic E-state index is -0.971. The molecule has 1 unspecified atom stereocenters. The van der Waals surface area contributed by atoms with Gasteiger partial charge in [0.2, 0.25) is 0 Å². The van der Waals surface area contributed by atoms with Crippen LogP contribution >= 0.6 is 23.2 Å². The second-order valence-corrected chi connectivity index (χ2v) is 6.86. The molecular weight excluding hydrogens is 315 g/mol. The van der Waals surface area contributed by atoms with Crippen LogP contribution < -0.4 is 0 Å². The Hall–Kier alpha value is -1.02. The van der Waals surface area contributed by atoms with Gasteiger partial charge in [0.1, 0.15) is 5.60 Å². The number of hydrogen-bond acceptors (Lipinski definition) is 1. The summed E-state index contributed by atoms with van der Waals surface area (Å²) in [7, 11) is 0. The van der Waals surface area contributed by atoms with Crippen LogP contribution in [0.4, 0.5) is 0 Å². The van der Waals surface area contributed by atoms with Gasteiger partial charge in [0.25, 0.3) is 0 Å². The molecule has 0 saturated heterocycles. The first-order chi connectivity index (χ1) is 10.4. The molecule has 0 saturated carbocycles. The van der Waals surface area contributed by atoms with E-state index in [0.717, 1.165) is 24.0 Å². The lowest BCUT2D eigenvalue weighted by molar-refractivity contribution is 0.0263. The zero-order chi connectivity index (χ0) is 16.1. The third-order valence-corrected chi connectivity index (χ3v) is 5.67. The zero-order valence-electron chi connectivity index (χ0n) is 13.1. The summed E-state index contributed by atoms with van der Waals surface area (Å²) in [4.78, 5) is 0. The van der Waals surface area contributed by atoms with Crippen molar-refractivity contribution in [2.45, 2.75) is 45.1 Å². The second kappa shape index (κ2) is 5.56. The van der Waals surface area contributed by atoms with E-state index < -0.39 is 5.60 Å². The van der Waals surface area contributed by atoms with E-state index in [9.17, 15) is 5.11 Å². The van der Waals surface area contributed by atoms with Gasteiger partial charge >= 0.3 is 0 Å². The summed E-state index contributed by atoms with van der Waals surface area (Å²) in [5.41, 5.74) is 4.71. The number of halogens is 2. The van der Waals surface area contributed by atoms with E-state index in [1.165, 1.54) is 16.7 Å². The van der Waals surface area contributed by atoms with Crippen molar-refractivity contribution in [2.24, 2.45) is 0 Å². The molecule has 2 aromatic carbocycles. The second-order valence-electron chi connectivity index (χ2n) is 6.04. The summed E-state index contributed by atoms with van der Waals surface area (Å²) >= 11 is 12.2. The normalized spacial score (nSPS) is 23.1. The molecule has 1 nitrogen and oxygen atoms in total. The van der Waals surface area contributed by atoms with Crippen LogP contribution in [0, 0.1) is 0 Å². The average molecular weight is 335 g/mol. The predicted molar refractivity (Wildman–Crippen MR) is 93.1 cm³/mol. The van der Waals surface area contributed by atoms with E-state index in [1.807, 2.05) is 6.07 Å². The Morgan fingerprint density at radius 2 is 1.77 bits per heavy atom. The molecule has 116 valence electrons. The Bertz CT molecular complexity index is 721. The van der Waals surface area contributed by atoms with Crippen LogP contribution in [0.3, 0.4) is 0 Å². The van der Waals surface area contributed by atoms with Gasteiger partial charge in [-0.1, -0.05) is 62.2 Å². The lowest BCUT2D eigenvalue weighted by Gasteiger charge is -2.48. The summed E-state index contributed by atoms with van der Waals surface area (Å²) in [6.45, 7) is 6.37. The molecule has 0 bridgehead atoms. The monoisotopic (exact) mass is 334 g/mol. The van der Waals surface area contributed by atoms with Crippen LogP contribution in [0.1, 0.15) is 54.5 Å². The van der Waals surface area contributed by atoms with Gasteiger partial charge in [-0.15, -0.1) is 0 Å². The molecule has 3 heteroatoms. The molecule has 2 aromatic rings. The first-order valence-corrected chi connectivity index (χ1v) is 8.53. The molecule has 0 heterocycles. The molecule has 0 spiro atoms. The predicted octanol–water partition coefficient (Wildman–Crippen LogP) is 5.47. The van der Waals surface area contributed by atoms with Gasteiger partial charge in [0.05, 0.1) is 10.0 Å². The summed E-state index contributed by atoms with van der Waals surface area (Å²) in [6, 6.07) is 9.86. The number of rotatable bonds is 3. The SMILES string of the molecule is CCc1cc(CC)c2c(c1)C(C)[C@@]2(O)c1ccc(Cl)c(Cl)c1. The van der Waals surface area contributed by atoms with E-state index in [1.54, 1.807) is 12.1 Å². The van der Waals surface area contributed by atoms with E-state index in [0.29, 0.717) is 10.0 Å². The smallest absolute Gasteiger partial charge is 0.122 e. The van der Waals surface area contributed by atoms with Crippen molar-refractivity contribution in [3.05, 3.63) is 68.2 Å². The minimum Gasteiger partial charge on any atom is -0.380 e. The highest BCUT2D eigenvalue weighted by atomic mass is 35.5. The third kappa shape index (κ3) is 2.11. The van der Waals surface area contributed by atoms with Crippen molar-refractivity contribution in [3.63, 3.8) is 0 Å². The summed E-state index contributed by atoms with van der Waals surface area (Å²) in [6.07, 6.45) is 1.92. The molecule has 1 N–H and O–H groups in total. The molecule has 2 atom stereocenters. The largest absolute Gasteiger partial charge is 0.380 e. The molecule has 0 aromatic heterocycles. The van der Waals surface area contributed by atoms with Crippen LogP contribution in [0.5, 0.6) is 0 Å². The van der Waals surface area contributed by atoms with E-state index in [4.69, 9.17) is 23.2 Å². The molecule has 1 aliphatic rings. The molecular formula is C19H20Cl2O. The first kappa shape index (κ1) is 15.9. The van der Waals surface area contributed by atoms with Crippen LogP contribution in [0.25, 0.3) is 0 Å². The molecule has 0 amide bonds. The van der Waals surface area contributed by atoms with E-state index in [-0.39, 0.29) is 5.92 Å². The molecule has 3 rings (SSSR count). The molecule has 0 radical (unpaired) electrons. The number of aryl methyl sites for hydroxylation is 2. The Morgan fingerprint density at radius 3 is 2.36 bits per heavy atom. The van der Waals surface area contributed by atoms with E-state index >= 15 is 0 Å². The minimum absolute atomic E-state index is 0.0524. The van der Waals surface area contributed by atoms with Gasteiger partial charge in [0.15, 0.2) is 0 Å². The van der Waals surface area contributed by atoms with Gasteiger partial charge < -0.3 is 5.11 Å². The Labute approximate surface area is 141 Å². The Kier molecular flexibility index (Phi) is 4.01. The fraction of sp³-hybridized carbons (Fsp3) is 0.368. The highest BCUT2D eigenvalue weighted by molar-refractivity contribution is 6.42. The van der Waals surface area contributed by atoms with Gasteiger partial charge in [-0.3, -0.25) is 0 Å². The van der Waals surface area contributed by atoms with Crippen molar-refractivity contribution >= 4 is 23.2 Å². The quantitative estimate of drug-likeness (QED) is 0.788. The van der Waals surface area contributed by atoms with E-state index in [2.05, 4.69) is 32.9 Å². The maximum Gasteiger partial charge on any atom is 0.122 e. The zero-order valence-corrected chi connectivity index (χ0v) is 14.6. The van der Waals surface area contributed by atoms with Gasteiger partial charge in [0, 0.05) is 5.92 Å². The van der Waals surface area contributed by atoms with Crippen LogP contribution in [-0.2, 0) is 18.4 Å². The highest BCUT2D eigenvalue weighted by Gasteiger charge is 2.50. The number of fused-ring (bicyclic) bond motifs is 1. The fourth-order valence-electron chi connectivity index (χ4n) is 3.58. The standard InChI is InChI=1S/C19H20Cl2O/c1-4-12-8-13(5-2)18-15(9-12)11(3)19(18,22)14-6-7-16(20)17(21)10-14/h6-11,22H,4-5H2,1-3H3/t11?,19-/m1/s1. The molecule has 22 heavy (non-hydrogen) atoms. The molecule has 0 fully saturated rings. The van der Waals surface area contributed by atoms with Crippen molar-refractivity contribution in [2.75, 3.05) is 0 Å². The van der Waals surface area contributed by atoms with Gasteiger partial charge in [-0.05, 0) is 52.8 Å². The van der Waals surface area contributed by atoms with Crippen molar-refractivity contribution in [3.8, 4) is 0 Å². The lowest BCUT2D eigenvalue weighted by atomic mass is 9.60. The maximum absolute atomic E-state index is 11.4. The number of aliphatic hydroxyl groups is 1. The average Bonchev–Trinajstić information content (AvgIpc) is 2.54. The molecule has 0 aliphatic heterocycles. The van der Waals surface area contributed by atoms with Crippen molar-refractivity contribution in [1.29, 1.82) is 0 Å². The summed E-state index contributed by atoms with van der Waals surface area (Å²) in [5.74, 6) is 0.0524.